The minimum Gasteiger partial charge on any atom is -0.368 e. The molecule has 0 fully saturated rings. The molecule has 0 unspecified atom stereocenters. The van der Waals surface area contributed by atoms with E-state index in [0.717, 1.165) is 18.9 Å². The lowest BCUT2D eigenvalue weighted by molar-refractivity contribution is 0.551. The van der Waals surface area contributed by atoms with Gasteiger partial charge < -0.3 is 20.1 Å². The van der Waals surface area contributed by atoms with Crippen molar-refractivity contribution in [3.8, 4) is 0 Å². The Bertz CT molecular complexity index is 590. The minimum absolute atomic E-state index is 0.223. The lowest BCUT2D eigenvalue weighted by atomic mass is 10.4. The number of fused-ring (bicyclic) bond motifs is 1. The van der Waals surface area contributed by atoms with Gasteiger partial charge in [0.1, 0.15) is 6.33 Å². The molecule has 0 bridgehead atoms. The summed E-state index contributed by atoms with van der Waals surface area (Å²) in [7, 11) is 3.73. The maximum absolute atomic E-state index is 5.73. The first kappa shape index (κ1) is 11.6. The van der Waals surface area contributed by atoms with Crippen LogP contribution in [-0.2, 0) is 13.1 Å². The Kier molecular flexibility index (Phi) is 2.65. The highest BCUT2D eigenvalue weighted by Gasteiger charge is 2.21. The molecule has 0 amide bonds. The fourth-order valence-corrected chi connectivity index (χ4v) is 1.95. The van der Waals surface area contributed by atoms with Crippen LogP contribution >= 0.6 is 0 Å². The van der Waals surface area contributed by atoms with E-state index in [2.05, 4.69) is 25.1 Å². The molecule has 3 heterocycles. The maximum atomic E-state index is 5.73. The fourth-order valence-electron chi connectivity index (χ4n) is 1.95. The SMILES string of the molecule is CN(C)c1nc(N)nc(N2CCn3cnnc3C2)n1. The molecule has 3 rings (SSSR count). The topological polar surface area (TPSA) is 102 Å². The van der Waals surface area contributed by atoms with Crippen molar-refractivity contribution in [3.05, 3.63) is 12.2 Å². The Morgan fingerprint density at radius 3 is 2.84 bits per heavy atom. The average molecular weight is 261 g/mol. The Labute approximate surface area is 110 Å². The summed E-state index contributed by atoms with van der Waals surface area (Å²) in [5, 5.41) is 7.97. The maximum Gasteiger partial charge on any atom is 0.232 e. The van der Waals surface area contributed by atoms with Gasteiger partial charge in [-0.2, -0.15) is 15.0 Å². The first-order valence-corrected chi connectivity index (χ1v) is 5.94. The molecular weight excluding hydrogens is 246 g/mol. The van der Waals surface area contributed by atoms with E-state index >= 15 is 0 Å². The van der Waals surface area contributed by atoms with Gasteiger partial charge in [0.15, 0.2) is 5.82 Å². The number of nitrogens with zero attached hydrogens (tertiary/aromatic N) is 8. The van der Waals surface area contributed by atoms with E-state index in [1.807, 2.05) is 23.6 Å². The second-order valence-corrected chi connectivity index (χ2v) is 4.55. The van der Waals surface area contributed by atoms with Crippen molar-refractivity contribution in [1.29, 1.82) is 0 Å². The van der Waals surface area contributed by atoms with Gasteiger partial charge in [-0.15, -0.1) is 10.2 Å². The van der Waals surface area contributed by atoms with Crippen molar-refractivity contribution in [3.63, 3.8) is 0 Å². The highest BCUT2D eigenvalue weighted by Crippen LogP contribution is 2.18. The van der Waals surface area contributed by atoms with Crippen LogP contribution in [0, 0.1) is 0 Å². The predicted octanol–water partition coefficient (Wildman–Crippen LogP) is -0.868. The number of hydrogen-bond donors (Lipinski definition) is 1. The van der Waals surface area contributed by atoms with E-state index in [9.17, 15) is 0 Å². The molecule has 1 aliphatic rings. The van der Waals surface area contributed by atoms with E-state index in [0.29, 0.717) is 18.4 Å². The molecule has 0 saturated heterocycles. The van der Waals surface area contributed by atoms with Gasteiger partial charge in [0.2, 0.25) is 17.8 Å². The van der Waals surface area contributed by atoms with E-state index < -0.39 is 0 Å². The molecule has 100 valence electrons. The summed E-state index contributed by atoms with van der Waals surface area (Å²) in [6.45, 7) is 2.23. The molecular formula is C10H15N9. The number of anilines is 3. The molecule has 1 aliphatic heterocycles. The van der Waals surface area contributed by atoms with E-state index in [1.165, 1.54) is 0 Å². The fraction of sp³-hybridized carbons (Fsp3) is 0.500. The predicted molar refractivity (Wildman–Crippen MR) is 69.6 cm³/mol. The van der Waals surface area contributed by atoms with Crippen molar-refractivity contribution in [2.45, 2.75) is 13.1 Å². The van der Waals surface area contributed by atoms with Gasteiger partial charge in [0, 0.05) is 27.2 Å². The average Bonchev–Trinajstić information content (AvgIpc) is 2.85. The van der Waals surface area contributed by atoms with E-state index in [4.69, 9.17) is 5.73 Å². The first-order chi connectivity index (χ1) is 9.13. The number of rotatable bonds is 2. The van der Waals surface area contributed by atoms with Crippen LogP contribution < -0.4 is 15.5 Å². The van der Waals surface area contributed by atoms with Crippen LogP contribution in [0.25, 0.3) is 0 Å². The second kappa shape index (κ2) is 4.34. The normalized spacial score (nSPS) is 14.3. The molecule has 2 N–H and O–H groups in total. The van der Waals surface area contributed by atoms with Gasteiger partial charge in [0.25, 0.3) is 0 Å². The zero-order chi connectivity index (χ0) is 13.4. The zero-order valence-electron chi connectivity index (χ0n) is 10.9. The lowest BCUT2D eigenvalue weighted by Crippen LogP contribution is -2.35. The highest BCUT2D eigenvalue weighted by molar-refractivity contribution is 5.43. The summed E-state index contributed by atoms with van der Waals surface area (Å²) in [5.74, 6) is 2.25. The number of hydrogen-bond acceptors (Lipinski definition) is 8. The largest absolute Gasteiger partial charge is 0.368 e. The van der Waals surface area contributed by atoms with Crippen molar-refractivity contribution >= 4 is 17.8 Å². The lowest BCUT2D eigenvalue weighted by Gasteiger charge is -2.27. The Morgan fingerprint density at radius 2 is 2.05 bits per heavy atom. The summed E-state index contributed by atoms with van der Waals surface area (Å²) < 4.78 is 2.02. The molecule has 19 heavy (non-hydrogen) atoms. The summed E-state index contributed by atoms with van der Waals surface area (Å²) in [4.78, 5) is 16.5. The van der Waals surface area contributed by atoms with Gasteiger partial charge in [0.05, 0.1) is 6.54 Å². The first-order valence-electron chi connectivity index (χ1n) is 5.94. The molecule has 0 atom stereocenters. The number of nitrogens with two attached hydrogens (primary N) is 1. The summed E-state index contributed by atoms with van der Waals surface area (Å²) >= 11 is 0. The van der Waals surface area contributed by atoms with Crippen molar-refractivity contribution in [2.24, 2.45) is 0 Å². The smallest absolute Gasteiger partial charge is 0.232 e. The van der Waals surface area contributed by atoms with Gasteiger partial charge in [-0.25, -0.2) is 0 Å². The van der Waals surface area contributed by atoms with Crippen LogP contribution in [0.5, 0.6) is 0 Å². The third-order valence-electron chi connectivity index (χ3n) is 2.95. The van der Waals surface area contributed by atoms with E-state index in [1.54, 1.807) is 11.2 Å². The van der Waals surface area contributed by atoms with Crippen LogP contribution in [0.2, 0.25) is 0 Å². The Hall–Kier alpha value is -2.45. The van der Waals surface area contributed by atoms with Gasteiger partial charge in [-0.3, -0.25) is 0 Å². The monoisotopic (exact) mass is 261 g/mol. The standard InChI is InChI=1S/C10H15N9/c1-17(2)9-13-8(11)14-10(15-9)18-3-4-19-6-12-16-7(19)5-18/h6H,3-5H2,1-2H3,(H2,11,13,14,15). The molecule has 0 spiro atoms. The van der Waals surface area contributed by atoms with Crippen LogP contribution in [0.4, 0.5) is 17.8 Å². The van der Waals surface area contributed by atoms with Gasteiger partial charge in [-0.1, -0.05) is 0 Å². The third-order valence-corrected chi connectivity index (χ3v) is 2.95. The Balaban J connectivity index is 1.91. The number of aromatic nitrogens is 6. The molecule has 2 aromatic rings. The van der Waals surface area contributed by atoms with Gasteiger partial charge >= 0.3 is 0 Å². The molecule has 0 aromatic carbocycles. The van der Waals surface area contributed by atoms with E-state index in [-0.39, 0.29) is 5.95 Å². The van der Waals surface area contributed by atoms with Gasteiger partial charge in [-0.05, 0) is 0 Å². The number of nitrogen functional groups attached to an aromatic ring is 1. The minimum atomic E-state index is 0.223. The van der Waals surface area contributed by atoms with Crippen molar-refractivity contribution in [2.75, 3.05) is 36.2 Å². The van der Waals surface area contributed by atoms with Crippen LogP contribution in [0.15, 0.2) is 6.33 Å². The van der Waals surface area contributed by atoms with Crippen molar-refractivity contribution in [1.82, 2.24) is 29.7 Å². The second-order valence-electron chi connectivity index (χ2n) is 4.55. The zero-order valence-corrected chi connectivity index (χ0v) is 10.9. The highest BCUT2D eigenvalue weighted by atomic mass is 15.4. The summed E-state index contributed by atoms with van der Waals surface area (Å²) in [6, 6.07) is 0. The van der Waals surface area contributed by atoms with Crippen molar-refractivity contribution < 1.29 is 0 Å². The molecule has 2 aromatic heterocycles. The summed E-state index contributed by atoms with van der Waals surface area (Å²) in [6.07, 6.45) is 1.74. The Morgan fingerprint density at radius 1 is 1.21 bits per heavy atom. The third kappa shape index (κ3) is 2.14. The quantitative estimate of drug-likeness (QED) is 0.744. The molecule has 9 nitrogen and oxygen atoms in total. The van der Waals surface area contributed by atoms with Crippen LogP contribution in [0.3, 0.4) is 0 Å². The van der Waals surface area contributed by atoms with Crippen LogP contribution in [0.1, 0.15) is 5.82 Å². The molecule has 0 aliphatic carbocycles. The molecule has 9 heteroatoms. The molecule has 0 saturated carbocycles. The summed E-state index contributed by atoms with van der Waals surface area (Å²) in [5.41, 5.74) is 5.73. The molecule has 0 radical (unpaired) electrons. The van der Waals surface area contributed by atoms with Crippen LogP contribution in [-0.4, -0.2) is 50.4 Å².